The Morgan fingerprint density at radius 3 is 2.82 bits per heavy atom. The standard InChI is InChI=1S/C7H12O3S/c1-5-3-7(9,4-11-5)6(8)10-2/h5,9H,3-4H2,1-2H3. The number of ether oxygens (including phenoxy) is 1. The lowest BCUT2D eigenvalue weighted by Crippen LogP contribution is -2.39. The summed E-state index contributed by atoms with van der Waals surface area (Å²) in [5, 5.41) is 9.98. The summed E-state index contributed by atoms with van der Waals surface area (Å²) in [6.07, 6.45) is 0.504. The molecule has 64 valence electrons. The molecule has 0 aromatic heterocycles. The van der Waals surface area contributed by atoms with E-state index in [1.807, 2.05) is 6.92 Å². The van der Waals surface area contributed by atoms with Crippen molar-refractivity contribution in [2.45, 2.75) is 24.2 Å². The van der Waals surface area contributed by atoms with Gasteiger partial charge in [-0.05, 0) is 6.42 Å². The van der Waals surface area contributed by atoms with Gasteiger partial charge in [0, 0.05) is 11.0 Å². The minimum Gasteiger partial charge on any atom is -0.467 e. The summed E-state index contributed by atoms with van der Waals surface area (Å²) < 4.78 is 4.48. The minimum atomic E-state index is -1.22. The van der Waals surface area contributed by atoms with Gasteiger partial charge in [-0.3, -0.25) is 0 Å². The largest absolute Gasteiger partial charge is 0.467 e. The molecule has 1 fully saturated rings. The van der Waals surface area contributed by atoms with E-state index >= 15 is 0 Å². The number of aliphatic hydroxyl groups is 1. The molecule has 1 rings (SSSR count). The summed E-state index contributed by atoms with van der Waals surface area (Å²) in [6, 6.07) is 0. The van der Waals surface area contributed by atoms with Gasteiger partial charge in [-0.15, -0.1) is 0 Å². The molecule has 0 aromatic rings. The molecule has 11 heavy (non-hydrogen) atoms. The van der Waals surface area contributed by atoms with Crippen LogP contribution in [0.3, 0.4) is 0 Å². The molecule has 1 N–H and O–H groups in total. The molecule has 3 nitrogen and oxygen atoms in total. The van der Waals surface area contributed by atoms with Crippen molar-refractivity contribution in [2.24, 2.45) is 0 Å². The molecule has 0 aliphatic carbocycles. The molecule has 0 spiro atoms. The molecule has 0 saturated carbocycles. The number of carbonyl (C=O) groups excluding carboxylic acids is 1. The van der Waals surface area contributed by atoms with Crippen molar-refractivity contribution in [1.82, 2.24) is 0 Å². The van der Waals surface area contributed by atoms with Gasteiger partial charge >= 0.3 is 5.97 Å². The predicted molar refractivity (Wildman–Crippen MR) is 43.5 cm³/mol. The highest BCUT2D eigenvalue weighted by Gasteiger charge is 2.43. The number of hydrogen-bond donors (Lipinski definition) is 1. The quantitative estimate of drug-likeness (QED) is 0.588. The van der Waals surface area contributed by atoms with E-state index in [2.05, 4.69) is 4.74 Å². The van der Waals surface area contributed by atoms with Crippen LogP contribution in [-0.4, -0.2) is 34.8 Å². The highest BCUT2D eigenvalue weighted by Crippen LogP contribution is 2.34. The van der Waals surface area contributed by atoms with Gasteiger partial charge in [-0.1, -0.05) is 6.92 Å². The topological polar surface area (TPSA) is 46.5 Å². The fraction of sp³-hybridized carbons (Fsp3) is 0.857. The first-order chi connectivity index (χ1) is 5.08. The monoisotopic (exact) mass is 176 g/mol. The maximum Gasteiger partial charge on any atom is 0.338 e. The van der Waals surface area contributed by atoms with Crippen molar-refractivity contribution in [3.05, 3.63) is 0 Å². The molecular formula is C7H12O3S. The molecule has 1 aliphatic heterocycles. The van der Waals surface area contributed by atoms with Crippen LogP contribution in [0.4, 0.5) is 0 Å². The minimum absolute atomic E-state index is 0.346. The zero-order valence-corrected chi connectivity index (χ0v) is 7.48. The van der Waals surface area contributed by atoms with E-state index in [1.54, 1.807) is 11.8 Å². The Labute approximate surface area is 70.1 Å². The maximum atomic E-state index is 11.0. The molecule has 1 aliphatic rings. The van der Waals surface area contributed by atoms with Crippen LogP contribution >= 0.6 is 11.8 Å². The van der Waals surface area contributed by atoms with E-state index in [0.29, 0.717) is 17.4 Å². The second-order valence-corrected chi connectivity index (χ2v) is 4.28. The first kappa shape index (κ1) is 8.87. The molecule has 0 aromatic carbocycles. The maximum absolute atomic E-state index is 11.0. The molecule has 2 atom stereocenters. The molecule has 1 saturated heterocycles. The van der Waals surface area contributed by atoms with Gasteiger partial charge < -0.3 is 9.84 Å². The summed E-state index contributed by atoms with van der Waals surface area (Å²) in [5.41, 5.74) is -1.22. The van der Waals surface area contributed by atoms with E-state index in [9.17, 15) is 9.90 Å². The summed E-state index contributed by atoms with van der Waals surface area (Å²) in [4.78, 5) is 11.0. The highest BCUT2D eigenvalue weighted by atomic mass is 32.2. The number of methoxy groups -OCH3 is 1. The Kier molecular flexibility index (Phi) is 2.44. The van der Waals surface area contributed by atoms with E-state index < -0.39 is 11.6 Å². The van der Waals surface area contributed by atoms with E-state index in [0.717, 1.165) is 0 Å². The smallest absolute Gasteiger partial charge is 0.338 e. The average molecular weight is 176 g/mol. The van der Waals surface area contributed by atoms with Crippen LogP contribution < -0.4 is 0 Å². The van der Waals surface area contributed by atoms with Crippen LogP contribution in [0.5, 0.6) is 0 Å². The second-order valence-electron chi connectivity index (χ2n) is 2.85. The Hall–Kier alpha value is -0.220. The normalized spacial score (nSPS) is 37.2. The average Bonchev–Trinajstić information content (AvgIpc) is 2.31. The van der Waals surface area contributed by atoms with Crippen LogP contribution in [0.1, 0.15) is 13.3 Å². The van der Waals surface area contributed by atoms with Gasteiger partial charge in [-0.25, -0.2) is 4.79 Å². The van der Waals surface area contributed by atoms with Crippen LogP contribution in [0.25, 0.3) is 0 Å². The third-order valence-electron chi connectivity index (χ3n) is 1.80. The number of thioether (sulfide) groups is 1. The summed E-state index contributed by atoms with van der Waals surface area (Å²) in [7, 11) is 1.30. The van der Waals surface area contributed by atoms with Crippen LogP contribution in [0.2, 0.25) is 0 Å². The van der Waals surface area contributed by atoms with Crippen molar-refractivity contribution < 1.29 is 14.6 Å². The fourth-order valence-corrected chi connectivity index (χ4v) is 2.40. The number of carbonyl (C=O) groups is 1. The Bertz CT molecular complexity index is 171. The third-order valence-corrected chi connectivity index (χ3v) is 3.18. The Balaban J connectivity index is 2.61. The zero-order chi connectivity index (χ0) is 8.48. The number of esters is 1. The van der Waals surface area contributed by atoms with Crippen LogP contribution in [-0.2, 0) is 9.53 Å². The van der Waals surface area contributed by atoms with E-state index in [1.165, 1.54) is 7.11 Å². The van der Waals surface area contributed by atoms with Gasteiger partial charge in [0.15, 0.2) is 5.60 Å². The molecule has 0 bridgehead atoms. The lowest BCUT2D eigenvalue weighted by molar-refractivity contribution is -0.159. The molecule has 1 heterocycles. The van der Waals surface area contributed by atoms with E-state index in [4.69, 9.17) is 0 Å². The second kappa shape index (κ2) is 3.03. The lowest BCUT2D eigenvalue weighted by Gasteiger charge is -2.17. The number of hydrogen-bond acceptors (Lipinski definition) is 4. The molecular weight excluding hydrogens is 164 g/mol. The first-order valence-electron chi connectivity index (χ1n) is 3.51. The van der Waals surface area contributed by atoms with Gasteiger partial charge in [0.1, 0.15) is 0 Å². The Morgan fingerprint density at radius 1 is 1.82 bits per heavy atom. The van der Waals surface area contributed by atoms with Crippen molar-refractivity contribution in [3.63, 3.8) is 0 Å². The van der Waals surface area contributed by atoms with Crippen molar-refractivity contribution in [2.75, 3.05) is 12.9 Å². The number of rotatable bonds is 1. The fourth-order valence-electron chi connectivity index (χ4n) is 1.21. The molecule has 0 amide bonds. The third kappa shape index (κ3) is 1.68. The van der Waals surface area contributed by atoms with Crippen molar-refractivity contribution >= 4 is 17.7 Å². The lowest BCUT2D eigenvalue weighted by atomic mass is 10.0. The van der Waals surface area contributed by atoms with Gasteiger partial charge in [-0.2, -0.15) is 11.8 Å². The van der Waals surface area contributed by atoms with Crippen molar-refractivity contribution in [1.29, 1.82) is 0 Å². The van der Waals surface area contributed by atoms with Gasteiger partial charge in [0.05, 0.1) is 7.11 Å². The van der Waals surface area contributed by atoms with Crippen LogP contribution in [0.15, 0.2) is 0 Å². The summed E-state index contributed by atoms with van der Waals surface area (Å²) in [6.45, 7) is 1.99. The summed E-state index contributed by atoms with van der Waals surface area (Å²) >= 11 is 1.60. The van der Waals surface area contributed by atoms with Crippen LogP contribution in [0, 0.1) is 0 Å². The SMILES string of the molecule is COC(=O)C1(O)CSC(C)C1. The van der Waals surface area contributed by atoms with Crippen molar-refractivity contribution in [3.8, 4) is 0 Å². The molecule has 0 radical (unpaired) electrons. The molecule has 2 unspecified atom stereocenters. The Morgan fingerprint density at radius 2 is 2.45 bits per heavy atom. The predicted octanol–water partition coefficient (Wildman–Crippen LogP) is 0.416. The first-order valence-corrected chi connectivity index (χ1v) is 4.56. The van der Waals surface area contributed by atoms with E-state index in [-0.39, 0.29) is 0 Å². The van der Waals surface area contributed by atoms with Gasteiger partial charge in [0.2, 0.25) is 0 Å². The zero-order valence-electron chi connectivity index (χ0n) is 6.66. The summed E-state index contributed by atoms with van der Waals surface area (Å²) in [5.74, 6) is -0.0461. The highest BCUT2D eigenvalue weighted by molar-refractivity contribution is 8.00. The van der Waals surface area contributed by atoms with Gasteiger partial charge in [0.25, 0.3) is 0 Å². The molecule has 4 heteroatoms.